The molecule has 112 valence electrons. The van der Waals surface area contributed by atoms with Crippen molar-refractivity contribution in [3.05, 3.63) is 58.6 Å². The Balaban J connectivity index is 2.26. The molecule has 0 radical (unpaired) electrons. The van der Waals surface area contributed by atoms with E-state index in [0.717, 1.165) is 6.42 Å². The number of aliphatic hydroxyl groups excluding tert-OH is 1. The number of hydrogen-bond acceptors (Lipinski definition) is 2. The van der Waals surface area contributed by atoms with E-state index < -0.39 is 0 Å². The maximum Gasteiger partial charge on any atom is 0.151 e. The molecule has 0 saturated heterocycles. The lowest BCUT2D eigenvalue weighted by atomic mass is 9.82. The van der Waals surface area contributed by atoms with Crippen LogP contribution in [0.25, 0.3) is 0 Å². The Labute approximate surface area is 131 Å². The van der Waals surface area contributed by atoms with E-state index in [9.17, 15) is 5.11 Å². The molecule has 0 amide bonds. The van der Waals surface area contributed by atoms with Crippen molar-refractivity contribution in [2.45, 2.75) is 39.2 Å². The molecule has 0 spiro atoms. The Morgan fingerprint density at radius 3 is 2.33 bits per heavy atom. The average molecular weight is 305 g/mol. The molecule has 2 nitrogen and oxygen atoms in total. The smallest absolute Gasteiger partial charge is 0.151 e. The fraction of sp³-hybridized carbons (Fsp3) is 0.333. The van der Waals surface area contributed by atoms with Crippen LogP contribution in [0.5, 0.6) is 11.5 Å². The van der Waals surface area contributed by atoms with Crippen LogP contribution in [0.4, 0.5) is 0 Å². The topological polar surface area (TPSA) is 29.5 Å². The van der Waals surface area contributed by atoms with E-state index in [2.05, 4.69) is 32.9 Å². The zero-order valence-electron chi connectivity index (χ0n) is 12.7. The van der Waals surface area contributed by atoms with Gasteiger partial charge in [-0.2, -0.15) is 0 Å². The Morgan fingerprint density at radius 2 is 1.76 bits per heavy atom. The molecule has 0 bridgehead atoms. The minimum atomic E-state index is -0.100. The number of halogens is 1. The summed E-state index contributed by atoms with van der Waals surface area (Å²) in [6, 6.07) is 13.4. The summed E-state index contributed by atoms with van der Waals surface area (Å²) in [6.45, 7) is 6.53. The molecule has 0 saturated carbocycles. The Bertz CT molecular complexity index is 603. The van der Waals surface area contributed by atoms with Gasteiger partial charge in [0.1, 0.15) is 5.75 Å². The zero-order chi connectivity index (χ0) is 15.5. The summed E-state index contributed by atoms with van der Waals surface area (Å²) in [5, 5.41) is 9.86. The molecule has 21 heavy (non-hydrogen) atoms. The fourth-order valence-electron chi connectivity index (χ4n) is 2.09. The summed E-state index contributed by atoms with van der Waals surface area (Å²) in [7, 11) is 0. The number of para-hydroxylation sites is 1. The molecular formula is C18H21ClO2. The van der Waals surface area contributed by atoms with E-state index >= 15 is 0 Å². The predicted octanol–water partition coefficient (Wildman–Crippen LogP) is 5.31. The molecule has 2 aromatic rings. The maximum atomic E-state index is 9.36. The van der Waals surface area contributed by atoms with Crippen molar-refractivity contribution >= 4 is 11.6 Å². The van der Waals surface area contributed by atoms with Gasteiger partial charge in [-0.05, 0) is 35.6 Å². The van der Waals surface area contributed by atoms with Gasteiger partial charge in [0, 0.05) is 5.56 Å². The first-order chi connectivity index (χ1) is 9.97. The van der Waals surface area contributed by atoms with Gasteiger partial charge in [0.25, 0.3) is 0 Å². The second-order valence-corrected chi connectivity index (χ2v) is 6.16. The molecule has 0 fully saturated rings. The third-order valence-electron chi connectivity index (χ3n) is 3.96. The summed E-state index contributed by atoms with van der Waals surface area (Å²) >= 11 is 6.15. The molecule has 0 aromatic heterocycles. The maximum absolute atomic E-state index is 9.36. The molecular weight excluding hydrogens is 284 g/mol. The molecule has 2 rings (SSSR count). The van der Waals surface area contributed by atoms with Crippen molar-refractivity contribution in [2.24, 2.45) is 0 Å². The first-order valence-corrected chi connectivity index (χ1v) is 7.52. The average Bonchev–Trinajstić information content (AvgIpc) is 2.50. The van der Waals surface area contributed by atoms with Crippen molar-refractivity contribution in [1.82, 2.24) is 0 Å². The van der Waals surface area contributed by atoms with Crippen LogP contribution in [0, 0.1) is 0 Å². The zero-order valence-corrected chi connectivity index (χ0v) is 13.4. The standard InChI is InChI=1S/C18H21ClO2/c1-4-18(2,3)14-8-10-15(11-9-14)21-17-13(12-20)6-5-7-16(17)19/h5-11,20H,4,12H2,1-3H3. The normalized spacial score (nSPS) is 11.5. The van der Waals surface area contributed by atoms with Gasteiger partial charge in [-0.1, -0.05) is 56.6 Å². The van der Waals surface area contributed by atoms with Gasteiger partial charge in [-0.25, -0.2) is 0 Å². The Morgan fingerprint density at radius 1 is 1.10 bits per heavy atom. The van der Waals surface area contributed by atoms with Crippen LogP contribution in [0.2, 0.25) is 5.02 Å². The third kappa shape index (κ3) is 3.58. The molecule has 0 unspecified atom stereocenters. The van der Waals surface area contributed by atoms with E-state index in [1.54, 1.807) is 18.2 Å². The summed E-state index contributed by atoms with van der Waals surface area (Å²) in [5.74, 6) is 1.23. The van der Waals surface area contributed by atoms with Gasteiger partial charge in [0.15, 0.2) is 5.75 Å². The molecule has 1 N–H and O–H groups in total. The Hall–Kier alpha value is -1.51. The molecule has 0 atom stereocenters. The molecule has 0 heterocycles. The predicted molar refractivity (Wildman–Crippen MR) is 87.2 cm³/mol. The lowest BCUT2D eigenvalue weighted by molar-refractivity contribution is 0.276. The van der Waals surface area contributed by atoms with Crippen LogP contribution in [0.15, 0.2) is 42.5 Å². The van der Waals surface area contributed by atoms with Crippen molar-refractivity contribution in [1.29, 1.82) is 0 Å². The number of benzene rings is 2. The Kier molecular flexibility index (Phi) is 4.92. The summed E-state index contributed by atoms with van der Waals surface area (Å²) in [6.07, 6.45) is 1.08. The third-order valence-corrected chi connectivity index (χ3v) is 4.26. The van der Waals surface area contributed by atoms with E-state index in [0.29, 0.717) is 22.1 Å². The van der Waals surface area contributed by atoms with E-state index in [4.69, 9.17) is 16.3 Å². The van der Waals surface area contributed by atoms with Crippen molar-refractivity contribution in [3.8, 4) is 11.5 Å². The summed E-state index contributed by atoms with van der Waals surface area (Å²) in [4.78, 5) is 0. The number of ether oxygens (including phenoxy) is 1. The molecule has 0 aliphatic rings. The highest BCUT2D eigenvalue weighted by Crippen LogP contribution is 2.34. The summed E-state index contributed by atoms with van der Waals surface area (Å²) in [5.41, 5.74) is 2.11. The number of rotatable bonds is 5. The number of hydrogen-bond donors (Lipinski definition) is 1. The van der Waals surface area contributed by atoms with Gasteiger partial charge in [-0.15, -0.1) is 0 Å². The highest BCUT2D eigenvalue weighted by atomic mass is 35.5. The van der Waals surface area contributed by atoms with Crippen LogP contribution >= 0.6 is 11.6 Å². The van der Waals surface area contributed by atoms with Crippen LogP contribution in [0.1, 0.15) is 38.3 Å². The van der Waals surface area contributed by atoms with Gasteiger partial charge < -0.3 is 9.84 Å². The SMILES string of the molecule is CCC(C)(C)c1ccc(Oc2c(Cl)cccc2CO)cc1. The largest absolute Gasteiger partial charge is 0.455 e. The minimum Gasteiger partial charge on any atom is -0.455 e. The van der Waals surface area contributed by atoms with Crippen molar-refractivity contribution in [3.63, 3.8) is 0 Å². The van der Waals surface area contributed by atoms with Crippen LogP contribution in [-0.2, 0) is 12.0 Å². The highest BCUT2D eigenvalue weighted by molar-refractivity contribution is 6.32. The lowest BCUT2D eigenvalue weighted by Crippen LogP contribution is -2.14. The van der Waals surface area contributed by atoms with E-state index in [1.807, 2.05) is 12.1 Å². The fourth-order valence-corrected chi connectivity index (χ4v) is 2.32. The first kappa shape index (κ1) is 15.9. The van der Waals surface area contributed by atoms with Gasteiger partial charge in [0.2, 0.25) is 0 Å². The second kappa shape index (κ2) is 6.50. The van der Waals surface area contributed by atoms with Gasteiger partial charge in [0.05, 0.1) is 11.6 Å². The van der Waals surface area contributed by atoms with Crippen molar-refractivity contribution < 1.29 is 9.84 Å². The van der Waals surface area contributed by atoms with Crippen LogP contribution in [-0.4, -0.2) is 5.11 Å². The summed E-state index contributed by atoms with van der Waals surface area (Å²) < 4.78 is 5.84. The quantitative estimate of drug-likeness (QED) is 0.811. The molecule has 2 aromatic carbocycles. The second-order valence-electron chi connectivity index (χ2n) is 5.75. The highest BCUT2D eigenvalue weighted by Gasteiger charge is 2.18. The van der Waals surface area contributed by atoms with Crippen LogP contribution < -0.4 is 4.74 Å². The van der Waals surface area contributed by atoms with Crippen molar-refractivity contribution in [2.75, 3.05) is 0 Å². The minimum absolute atomic E-state index is 0.100. The molecule has 0 aliphatic heterocycles. The molecule has 3 heteroatoms. The van der Waals surface area contributed by atoms with Gasteiger partial charge in [-0.3, -0.25) is 0 Å². The molecule has 0 aliphatic carbocycles. The first-order valence-electron chi connectivity index (χ1n) is 7.14. The monoisotopic (exact) mass is 304 g/mol. The van der Waals surface area contributed by atoms with Crippen LogP contribution in [0.3, 0.4) is 0 Å². The lowest BCUT2D eigenvalue weighted by Gasteiger charge is -2.23. The van der Waals surface area contributed by atoms with Gasteiger partial charge >= 0.3 is 0 Å². The van der Waals surface area contributed by atoms with E-state index in [1.165, 1.54) is 5.56 Å². The van der Waals surface area contributed by atoms with E-state index in [-0.39, 0.29) is 12.0 Å². The number of aliphatic hydroxyl groups is 1.